The second-order valence-corrected chi connectivity index (χ2v) is 9.07. The Morgan fingerprint density at radius 3 is 2.41 bits per heavy atom. The average molecular weight is 454 g/mol. The van der Waals surface area contributed by atoms with E-state index in [0.29, 0.717) is 22.2 Å². The summed E-state index contributed by atoms with van der Waals surface area (Å²) < 4.78 is 12.5. The molecule has 168 valence electrons. The summed E-state index contributed by atoms with van der Waals surface area (Å²) in [6, 6.07) is 14.3. The molecule has 7 nitrogen and oxygen atoms in total. The highest BCUT2D eigenvalue weighted by Gasteiger charge is 2.17. The Labute approximate surface area is 191 Å². The zero-order valence-corrected chi connectivity index (χ0v) is 19.6. The van der Waals surface area contributed by atoms with Crippen molar-refractivity contribution in [2.75, 3.05) is 18.2 Å². The fourth-order valence-electron chi connectivity index (χ4n) is 3.15. The fourth-order valence-corrected chi connectivity index (χ4v) is 3.51. The molecule has 1 amide bonds. The number of nitrogens with zero attached hydrogens (tertiary/aromatic N) is 1. The first-order chi connectivity index (χ1) is 15.1. The highest BCUT2D eigenvalue weighted by atomic mass is 32.2. The van der Waals surface area contributed by atoms with E-state index < -0.39 is 11.6 Å². The van der Waals surface area contributed by atoms with Crippen molar-refractivity contribution in [2.45, 2.75) is 26.4 Å². The molecule has 32 heavy (non-hydrogen) atoms. The summed E-state index contributed by atoms with van der Waals surface area (Å²) in [7, 11) is 1.83. The van der Waals surface area contributed by atoms with Crippen molar-refractivity contribution in [3.63, 3.8) is 0 Å². The van der Waals surface area contributed by atoms with Crippen molar-refractivity contribution >= 4 is 45.3 Å². The Kier molecular flexibility index (Phi) is 6.93. The Balaban J connectivity index is 1.67. The standard InChI is InChI=1S/C24H27N3O4S/c1-24(2,3)31-21(28)14-30-18-10-8-17(9-11-18)26-23(29)20-12-15-6-7-16(22(25)32-5)13-19(15)27(20)4/h6-13,25H,14H2,1-5H3,(H,26,29). The van der Waals surface area contributed by atoms with Gasteiger partial charge in [-0.25, -0.2) is 4.79 Å². The van der Waals surface area contributed by atoms with Crippen molar-refractivity contribution in [2.24, 2.45) is 7.05 Å². The van der Waals surface area contributed by atoms with Gasteiger partial charge in [0.25, 0.3) is 5.91 Å². The molecule has 3 aromatic rings. The number of rotatable bonds is 6. The molecule has 0 radical (unpaired) electrons. The number of hydrogen-bond acceptors (Lipinski definition) is 6. The van der Waals surface area contributed by atoms with Gasteiger partial charge in [-0.1, -0.05) is 12.1 Å². The van der Waals surface area contributed by atoms with Crippen molar-refractivity contribution in [3.05, 3.63) is 59.8 Å². The number of aromatic nitrogens is 1. The van der Waals surface area contributed by atoms with Crippen LogP contribution >= 0.6 is 11.8 Å². The molecule has 2 N–H and O–H groups in total. The molecule has 0 aliphatic heterocycles. The molecule has 1 aromatic heterocycles. The lowest BCUT2D eigenvalue weighted by Crippen LogP contribution is -2.27. The maximum absolute atomic E-state index is 12.8. The second-order valence-electron chi connectivity index (χ2n) is 8.25. The first kappa shape index (κ1) is 23.4. The van der Waals surface area contributed by atoms with Crippen LogP contribution in [0.4, 0.5) is 5.69 Å². The van der Waals surface area contributed by atoms with Crippen molar-refractivity contribution < 1.29 is 19.1 Å². The number of carbonyl (C=O) groups excluding carboxylic acids is 2. The molecule has 2 aromatic carbocycles. The predicted octanol–water partition coefficient (Wildman–Crippen LogP) is 4.84. The summed E-state index contributed by atoms with van der Waals surface area (Å²) in [5.74, 6) is -0.184. The Morgan fingerprint density at radius 1 is 1.09 bits per heavy atom. The second kappa shape index (κ2) is 9.48. The summed E-state index contributed by atoms with van der Waals surface area (Å²) in [5, 5.41) is 12.3. The number of benzene rings is 2. The zero-order valence-electron chi connectivity index (χ0n) is 18.8. The van der Waals surface area contributed by atoms with Gasteiger partial charge in [0.05, 0.1) is 5.04 Å². The maximum atomic E-state index is 12.8. The van der Waals surface area contributed by atoms with Crippen molar-refractivity contribution in [3.8, 4) is 5.75 Å². The van der Waals surface area contributed by atoms with E-state index in [4.69, 9.17) is 14.9 Å². The Morgan fingerprint density at radius 2 is 1.78 bits per heavy atom. The van der Waals surface area contributed by atoms with E-state index in [9.17, 15) is 9.59 Å². The average Bonchev–Trinajstić information content (AvgIpc) is 3.07. The minimum Gasteiger partial charge on any atom is -0.482 e. The zero-order chi connectivity index (χ0) is 23.5. The van der Waals surface area contributed by atoms with Gasteiger partial charge in [-0.3, -0.25) is 10.2 Å². The highest BCUT2D eigenvalue weighted by molar-refractivity contribution is 8.13. The molecule has 0 aliphatic rings. The smallest absolute Gasteiger partial charge is 0.344 e. The molecule has 3 rings (SSSR count). The number of aryl methyl sites for hydroxylation is 1. The molecule has 1 heterocycles. The molecule has 0 saturated carbocycles. The van der Waals surface area contributed by atoms with E-state index in [1.54, 1.807) is 45.0 Å². The molecule has 0 unspecified atom stereocenters. The normalized spacial score (nSPS) is 11.3. The molecular formula is C24H27N3O4S. The number of nitrogens with one attached hydrogen (secondary N) is 2. The Bertz CT molecular complexity index is 1160. The summed E-state index contributed by atoms with van der Waals surface area (Å²) in [6.07, 6.45) is 1.87. The fraction of sp³-hybridized carbons (Fsp3) is 0.292. The van der Waals surface area contributed by atoms with Crippen molar-refractivity contribution in [1.29, 1.82) is 5.41 Å². The monoisotopic (exact) mass is 453 g/mol. The van der Waals surface area contributed by atoms with E-state index in [-0.39, 0.29) is 12.5 Å². The summed E-state index contributed by atoms with van der Waals surface area (Å²) in [6.45, 7) is 5.21. The molecule has 0 fully saturated rings. The number of esters is 1. The quantitative estimate of drug-likeness (QED) is 0.316. The number of fused-ring (bicyclic) bond motifs is 1. The van der Waals surface area contributed by atoms with E-state index >= 15 is 0 Å². The van der Waals surface area contributed by atoms with E-state index in [1.165, 1.54) is 11.8 Å². The van der Waals surface area contributed by atoms with Gasteiger partial charge in [0.15, 0.2) is 6.61 Å². The van der Waals surface area contributed by atoms with Crippen molar-refractivity contribution in [1.82, 2.24) is 4.57 Å². The molecule has 0 aliphatic carbocycles. The van der Waals surface area contributed by atoms with Crippen LogP contribution in [0.25, 0.3) is 10.9 Å². The van der Waals surface area contributed by atoms with Gasteiger partial charge in [0.1, 0.15) is 17.0 Å². The molecule has 0 bridgehead atoms. The molecule has 0 saturated heterocycles. The van der Waals surface area contributed by atoms with Crippen LogP contribution in [0.5, 0.6) is 5.75 Å². The molecular weight excluding hydrogens is 426 g/mol. The highest BCUT2D eigenvalue weighted by Crippen LogP contribution is 2.23. The lowest BCUT2D eigenvalue weighted by molar-refractivity contribution is -0.157. The first-order valence-corrected chi connectivity index (χ1v) is 11.3. The van der Waals surface area contributed by atoms with Crippen LogP contribution in [0, 0.1) is 5.41 Å². The minimum absolute atomic E-state index is 0.186. The van der Waals surface area contributed by atoms with Gasteiger partial charge in [-0.05, 0) is 63.4 Å². The van der Waals surface area contributed by atoms with Crippen LogP contribution in [0.15, 0.2) is 48.5 Å². The van der Waals surface area contributed by atoms with Crippen LogP contribution in [0.1, 0.15) is 36.8 Å². The number of carbonyl (C=O) groups is 2. The number of ether oxygens (including phenoxy) is 2. The van der Waals surface area contributed by atoms with Crippen LogP contribution in [0.2, 0.25) is 0 Å². The lowest BCUT2D eigenvalue weighted by atomic mass is 10.2. The summed E-state index contributed by atoms with van der Waals surface area (Å²) >= 11 is 1.37. The van der Waals surface area contributed by atoms with Gasteiger partial charge in [0.2, 0.25) is 0 Å². The summed E-state index contributed by atoms with van der Waals surface area (Å²) in [4.78, 5) is 24.6. The number of anilines is 1. The SMILES string of the molecule is CSC(=N)c1ccc2cc(C(=O)Nc3ccc(OCC(=O)OC(C)(C)C)cc3)n(C)c2c1. The van der Waals surface area contributed by atoms with Crippen LogP contribution in [0.3, 0.4) is 0 Å². The largest absolute Gasteiger partial charge is 0.482 e. The van der Waals surface area contributed by atoms with Crippen LogP contribution < -0.4 is 10.1 Å². The third-order valence-corrected chi connectivity index (χ3v) is 5.28. The molecule has 8 heteroatoms. The van der Waals surface area contributed by atoms with Gasteiger partial charge >= 0.3 is 5.97 Å². The van der Waals surface area contributed by atoms with Gasteiger partial charge in [-0.2, -0.15) is 0 Å². The van der Waals surface area contributed by atoms with Gasteiger partial charge in [-0.15, -0.1) is 11.8 Å². The van der Waals surface area contributed by atoms with E-state index in [2.05, 4.69) is 5.32 Å². The number of thioether (sulfide) groups is 1. The predicted molar refractivity (Wildman–Crippen MR) is 129 cm³/mol. The third kappa shape index (κ3) is 5.70. The topological polar surface area (TPSA) is 93.4 Å². The van der Waals surface area contributed by atoms with Crippen LogP contribution in [-0.2, 0) is 16.6 Å². The molecule has 0 spiro atoms. The van der Waals surface area contributed by atoms with E-state index in [1.807, 2.05) is 42.1 Å². The third-order valence-electron chi connectivity index (χ3n) is 4.63. The maximum Gasteiger partial charge on any atom is 0.344 e. The first-order valence-electron chi connectivity index (χ1n) is 10.1. The van der Waals surface area contributed by atoms with Crippen LogP contribution in [-0.4, -0.2) is 40.0 Å². The number of hydrogen-bond donors (Lipinski definition) is 2. The Hall–Kier alpha value is -3.26. The summed E-state index contributed by atoms with van der Waals surface area (Å²) in [5.41, 5.74) is 2.26. The molecule has 0 atom stereocenters. The van der Waals surface area contributed by atoms with E-state index in [0.717, 1.165) is 16.5 Å². The van der Waals surface area contributed by atoms with Gasteiger partial charge in [0, 0.05) is 29.2 Å². The van der Waals surface area contributed by atoms with Gasteiger partial charge < -0.3 is 19.4 Å². The number of amides is 1. The minimum atomic E-state index is -0.561. The lowest BCUT2D eigenvalue weighted by Gasteiger charge is -2.19.